The SMILES string of the molecule is CCCn1c(N)c(C(=O)COC(=O)[C@@H]2CC(=O)N(c3ccccc3[C@H](C)CC)C2)c(=O)n(C)c1=O. The molecule has 1 aromatic heterocycles. The number of aromatic nitrogens is 2. The van der Waals surface area contributed by atoms with Crippen LogP contribution in [0.5, 0.6) is 0 Å². The molecule has 0 spiro atoms. The Kier molecular flexibility index (Phi) is 7.93. The maximum atomic E-state index is 12.8. The maximum Gasteiger partial charge on any atom is 0.332 e. The lowest BCUT2D eigenvalue weighted by Crippen LogP contribution is -2.43. The Labute approximate surface area is 203 Å². The second-order valence-corrected chi connectivity index (χ2v) is 8.86. The first-order valence-corrected chi connectivity index (χ1v) is 11.8. The van der Waals surface area contributed by atoms with E-state index in [0.29, 0.717) is 6.42 Å². The van der Waals surface area contributed by atoms with Crippen molar-refractivity contribution in [2.45, 2.75) is 52.5 Å². The third-order valence-corrected chi connectivity index (χ3v) is 6.48. The second-order valence-electron chi connectivity index (χ2n) is 8.86. The van der Waals surface area contributed by atoms with Crippen molar-refractivity contribution < 1.29 is 19.1 Å². The van der Waals surface area contributed by atoms with Crippen molar-refractivity contribution in [3.8, 4) is 0 Å². The molecule has 0 saturated carbocycles. The predicted molar refractivity (Wildman–Crippen MR) is 132 cm³/mol. The molecule has 1 amide bonds. The van der Waals surface area contributed by atoms with Crippen molar-refractivity contribution in [2.24, 2.45) is 13.0 Å². The van der Waals surface area contributed by atoms with Crippen LogP contribution in [0.2, 0.25) is 0 Å². The van der Waals surface area contributed by atoms with Crippen molar-refractivity contribution in [3.05, 3.63) is 56.2 Å². The summed E-state index contributed by atoms with van der Waals surface area (Å²) in [6, 6.07) is 7.61. The highest BCUT2D eigenvalue weighted by Crippen LogP contribution is 2.33. The number of nitrogen functional groups attached to an aromatic ring is 1. The van der Waals surface area contributed by atoms with Gasteiger partial charge in [0, 0.05) is 32.2 Å². The summed E-state index contributed by atoms with van der Waals surface area (Å²) in [6.07, 6.45) is 1.44. The van der Waals surface area contributed by atoms with Gasteiger partial charge >= 0.3 is 11.7 Å². The van der Waals surface area contributed by atoms with E-state index in [9.17, 15) is 24.0 Å². The van der Waals surface area contributed by atoms with Gasteiger partial charge in [0.25, 0.3) is 5.56 Å². The van der Waals surface area contributed by atoms with Gasteiger partial charge in [-0.05, 0) is 30.4 Å². The normalized spacial score (nSPS) is 16.4. The highest BCUT2D eigenvalue weighted by molar-refractivity contribution is 6.02. The van der Waals surface area contributed by atoms with E-state index >= 15 is 0 Å². The topological polar surface area (TPSA) is 134 Å². The van der Waals surface area contributed by atoms with E-state index in [4.69, 9.17) is 10.5 Å². The van der Waals surface area contributed by atoms with E-state index in [-0.39, 0.29) is 42.7 Å². The van der Waals surface area contributed by atoms with Crippen molar-refractivity contribution in [3.63, 3.8) is 0 Å². The molecule has 0 aliphatic carbocycles. The average molecular weight is 485 g/mol. The Morgan fingerprint density at radius 3 is 2.51 bits per heavy atom. The van der Waals surface area contributed by atoms with Crippen molar-refractivity contribution in [2.75, 3.05) is 23.8 Å². The molecule has 1 aromatic carbocycles. The highest BCUT2D eigenvalue weighted by Gasteiger charge is 2.37. The number of carbonyl (C=O) groups excluding carboxylic acids is 3. The molecule has 2 heterocycles. The van der Waals surface area contributed by atoms with Crippen LogP contribution in [-0.4, -0.2) is 39.9 Å². The minimum absolute atomic E-state index is 0.0346. The molecule has 0 radical (unpaired) electrons. The third-order valence-electron chi connectivity index (χ3n) is 6.48. The highest BCUT2D eigenvalue weighted by atomic mass is 16.5. The minimum atomic E-state index is -0.843. The first-order chi connectivity index (χ1) is 16.6. The van der Waals surface area contributed by atoms with Gasteiger partial charge in [0.2, 0.25) is 11.7 Å². The van der Waals surface area contributed by atoms with Crippen LogP contribution in [0.15, 0.2) is 33.9 Å². The number of anilines is 2. The van der Waals surface area contributed by atoms with E-state index in [2.05, 4.69) is 13.8 Å². The first-order valence-electron chi connectivity index (χ1n) is 11.8. The largest absolute Gasteiger partial charge is 0.457 e. The quantitative estimate of drug-likeness (QED) is 0.424. The van der Waals surface area contributed by atoms with Crippen LogP contribution in [0.25, 0.3) is 0 Å². The number of hydrogen-bond acceptors (Lipinski definition) is 7. The molecule has 1 aliphatic rings. The number of ether oxygens (including phenoxy) is 1. The van der Waals surface area contributed by atoms with Gasteiger partial charge in [0.15, 0.2) is 6.61 Å². The third kappa shape index (κ3) is 5.06. The Hall–Kier alpha value is -3.69. The summed E-state index contributed by atoms with van der Waals surface area (Å²) in [5.74, 6) is -2.44. The fourth-order valence-electron chi connectivity index (χ4n) is 4.28. The number of ketones is 1. The molecular formula is C25H32N4O6. The van der Waals surface area contributed by atoms with Crippen LogP contribution in [0.1, 0.15) is 61.9 Å². The number of hydrogen-bond donors (Lipinski definition) is 1. The number of nitrogens with two attached hydrogens (primary N) is 1. The zero-order valence-corrected chi connectivity index (χ0v) is 20.6. The van der Waals surface area contributed by atoms with Crippen molar-refractivity contribution in [1.82, 2.24) is 9.13 Å². The summed E-state index contributed by atoms with van der Waals surface area (Å²) in [5.41, 5.74) is 5.90. The number of carbonyl (C=O) groups is 3. The molecule has 1 saturated heterocycles. The van der Waals surface area contributed by atoms with Crippen LogP contribution in [0.3, 0.4) is 0 Å². The minimum Gasteiger partial charge on any atom is -0.457 e. The maximum absolute atomic E-state index is 12.8. The van der Waals surface area contributed by atoms with Gasteiger partial charge in [-0.1, -0.05) is 39.0 Å². The van der Waals surface area contributed by atoms with Gasteiger partial charge in [-0.2, -0.15) is 0 Å². The predicted octanol–water partition coefficient (Wildman–Crippen LogP) is 1.83. The van der Waals surface area contributed by atoms with Gasteiger partial charge in [-0.3, -0.25) is 28.3 Å². The standard InChI is InChI=1S/C25H32N4O6/c1-5-11-28-22(26)21(23(32)27(4)25(28)34)19(30)14-35-24(33)16-12-20(31)29(13-16)18-10-8-7-9-17(18)15(3)6-2/h7-10,15-16H,5-6,11-14,26H2,1-4H3/t15-,16-/m1/s1. The molecule has 188 valence electrons. The molecule has 0 unspecified atom stereocenters. The van der Waals surface area contributed by atoms with Crippen LogP contribution in [-0.2, 0) is 27.9 Å². The Balaban J connectivity index is 1.74. The van der Waals surface area contributed by atoms with E-state index < -0.39 is 35.5 Å². The van der Waals surface area contributed by atoms with E-state index in [1.807, 2.05) is 31.2 Å². The fourth-order valence-corrected chi connectivity index (χ4v) is 4.28. The van der Waals surface area contributed by atoms with Crippen molar-refractivity contribution in [1.29, 1.82) is 0 Å². The molecule has 10 heteroatoms. The summed E-state index contributed by atoms with van der Waals surface area (Å²) < 4.78 is 7.16. The number of nitrogens with zero attached hydrogens (tertiary/aromatic N) is 3. The summed E-state index contributed by atoms with van der Waals surface area (Å²) in [5, 5.41) is 0. The molecule has 35 heavy (non-hydrogen) atoms. The van der Waals surface area contributed by atoms with Gasteiger partial charge in [0.05, 0.1) is 5.92 Å². The zero-order chi connectivity index (χ0) is 25.9. The van der Waals surface area contributed by atoms with Crippen LogP contribution >= 0.6 is 0 Å². The summed E-state index contributed by atoms with van der Waals surface area (Å²) >= 11 is 0. The number of rotatable bonds is 9. The van der Waals surface area contributed by atoms with Gasteiger partial charge in [-0.25, -0.2) is 4.79 Å². The Bertz CT molecular complexity index is 1260. The second kappa shape index (κ2) is 10.7. The number of esters is 1. The lowest BCUT2D eigenvalue weighted by atomic mass is 9.96. The molecule has 3 rings (SSSR count). The lowest BCUT2D eigenvalue weighted by molar-refractivity contribution is -0.147. The number of benzene rings is 1. The Morgan fingerprint density at radius 2 is 1.86 bits per heavy atom. The van der Waals surface area contributed by atoms with Gasteiger partial charge in [0.1, 0.15) is 11.4 Å². The van der Waals surface area contributed by atoms with E-state index in [0.717, 1.165) is 26.8 Å². The van der Waals surface area contributed by atoms with Gasteiger partial charge < -0.3 is 15.4 Å². The summed E-state index contributed by atoms with van der Waals surface area (Å²) in [7, 11) is 1.26. The van der Waals surface area contributed by atoms with E-state index in [1.165, 1.54) is 7.05 Å². The smallest absolute Gasteiger partial charge is 0.332 e. The lowest BCUT2D eigenvalue weighted by Gasteiger charge is -2.23. The molecule has 1 aliphatic heterocycles. The molecular weight excluding hydrogens is 452 g/mol. The molecule has 1 fully saturated rings. The molecule has 10 nitrogen and oxygen atoms in total. The number of amides is 1. The monoisotopic (exact) mass is 484 g/mol. The molecule has 0 bridgehead atoms. The number of para-hydroxylation sites is 1. The van der Waals surface area contributed by atoms with Crippen molar-refractivity contribution >= 4 is 29.2 Å². The average Bonchev–Trinajstić information content (AvgIpc) is 3.24. The van der Waals surface area contributed by atoms with Crippen LogP contribution in [0.4, 0.5) is 11.5 Å². The van der Waals surface area contributed by atoms with E-state index in [1.54, 1.807) is 4.90 Å². The summed E-state index contributed by atoms with van der Waals surface area (Å²) in [6.45, 7) is 5.64. The first kappa shape index (κ1) is 25.9. The summed E-state index contributed by atoms with van der Waals surface area (Å²) in [4.78, 5) is 64.6. The van der Waals surface area contributed by atoms with Crippen LogP contribution in [0, 0.1) is 5.92 Å². The number of Topliss-reactive ketones (excluding diaryl/α,β-unsaturated/α-hetero) is 1. The van der Waals surface area contributed by atoms with Crippen LogP contribution < -0.4 is 21.9 Å². The molecule has 2 aromatic rings. The molecule has 2 atom stereocenters. The fraction of sp³-hybridized carbons (Fsp3) is 0.480. The van der Waals surface area contributed by atoms with Gasteiger partial charge in [-0.15, -0.1) is 0 Å². The zero-order valence-electron chi connectivity index (χ0n) is 20.6. The Morgan fingerprint density at radius 1 is 1.17 bits per heavy atom. The molecule has 2 N–H and O–H groups in total.